The summed E-state index contributed by atoms with van der Waals surface area (Å²) in [4.78, 5) is 13.8. The van der Waals surface area contributed by atoms with Crippen LogP contribution in [0.25, 0.3) is 0 Å². The third-order valence-corrected chi connectivity index (χ3v) is 3.04. The van der Waals surface area contributed by atoms with Gasteiger partial charge in [0.05, 0.1) is 17.5 Å². The van der Waals surface area contributed by atoms with Gasteiger partial charge in [-0.2, -0.15) is 0 Å². The molecule has 6 heteroatoms. The van der Waals surface area contributed by atoms with Crippen molar-refractivity contribution in [1.82, 2.24) is 4.90 Å². The third-order valence-electron chi connectivity index (χ3n) is 2.81. The summed E-state index contributed by atoms with van der Waals surface area (Å²) in [6, 6.07) is 4.97. The van der Waals surface area contributed by atoms with Crippen LogP contribution in [0, 0.1) is 0 Å². The number of benzene rings is 1. The number of rotatable bonds is 7. The number of hydrogen-bond acceptors (Lipinski definition) is 4. The van der Waals surface area contributed by atoms with Crippen LogP contribution >= 0.6 is 11.6 Å². The highest BCUT2D eigenvalue weighted by molar-refractivity contribution is 6.31. The Balaban J connectivity index is 2.35. The Hall–Kier alpha value is -1.30. The van der Waals surface area contributed by atoms with E-state index in [4.69, 9.17) is 17.3 Å². The quantitative estimate of drug-likeness (QED) is 0.673. The molecule has 1 aromatic rings. The molecule has 1 rings (SSSR count). The molecule has 0 heterocycles. The number of anilines is 2. The molecule has 1 atom stereocenters. The van der Waals surface area contributed by atoms with Gasteiger partial charge in [0.25, 0.3) is 0 Å². The fourth-order valence-corrected chi connectivity index (χ4v) is 2.07. The second-order valence-corrected chi connectivity index (χ2v) is 5.43. The maximum Gasteiger partial charge on any atom is 0.224 e. The molecule has 0 saturated carbocycles. The third kappa shape index (κ3) is 6.23. The van der Waals surface area contributed by atoms with Gasteiger partial charge < -0.3 is 21.1 Å². The van der Waals surface area contributed by atoms with E-state index >= 15 is 0 Å². The summed E-state index contributed by atoms with van der Waals surface area (Å²) in [6.45, 7) is 3.09. The molecule has 4 N–H and O–H groups in total. The SMILES string of the molecule is CC(O)CN(C)CCCC(=O)Nc1cc(Cl)ccc1N. The molecule has 112 valence electrons. The molecule has 0 aliphatic heterocycles. The standard InChI is InChI=1S/C14H22ClN3O2/c1-10(19)9-18(2)7-3-4-14(20)17-13-8-11(15)5-6-12(13)16/h5-6,8,10,19H,3-4,7,9,16H2,1-2H3,(H,17,20). The highest BCUT2D eigenvalue weighted by atomic mass is 35.5. The Bertz CT molecular complexity index is 452. The predicted molar refractivity (Wildman–Crippen MR) is 82.9 cm³/mol. The molecule has 1 amide bonds. The van der Waals surface area contributed by atoms with Crippen molar-refractivity contribution in [3.63, 3.8) is 0 Å². The van der Waals surface area contributed by atoms with Gasteiger partial charge >= 0.3 is 0 Å². The van der Waals surface area contributed by atoms with Crippen molar-refractivity contribution >= 4 is 28.9 Å². The maximum absolute atomic E-state index is 11.8. The van der Waals surface area contributed by atoms with Gasteiger partial charge in [-0.3, -0.25) is 4.79 Å². The first-order chi connectivity index (χ1) is 9.38. The van der Waals surface area contributed by atoms with Gasteiger partial charge in [-0.05, 0) is 45.1 Å². The summed E-state index contributed by atoms with van der Waals surface area (Å²) >= 11 is 5.86. The molecule has 0 aliphatic carbocycles. The number of likely N-dealkylation sites (N-methyl/N-ethyl adjacent to an activating group) is 1. The van der Waals surface area contributed by atoms with Crippen LogP contribution in [0.15, 0.2) is 18.2 Å². The van der Waals surface area contributed by atoms with E-state index in [1.807, 2.05) is 11.9 Å². The predicted octanol–water partition coefficient (Wildman–Crippen LogP) is 1.95. The number of aliphatic hydroxyl groups is 1. The van der Waals surface area contributed by atoms with Gasteiger partial charge in [0.1, 0.15) is 0 Å². The average Bonchev–Trinajstić information content (AvgIpc) is 2.33. The minimum atomic E-state index is -0.361. The van der Waals surface area contributed by atoms with Crippen molar-refractivity contribution in [3.05, 3.63) is 23.2 Å². The monoisotopic (exact) mass is 299 g/mol. The Morgan fingerprint density at radius 1 is 1.55 bits per heavy atom. The van der Waals surface area contributed by atoms with Crippen LogP contribution in [-0.2, 0) is 4.79 Å². The van der Waals surface area contributed by atoms with E-state index in [1.54, 1.807) is 25.1 Å². The summed E-state index contributed by atoms with van der Waals surface area (Å²) in [5, 5.41) is 12.5. The number of nitrogens with two attached hydrogens (primary N) is 1. The van der Waals surface area contributed by atoms with Crippen molar-refractivity contribution < 1.29 is 9.90 Å². The molecule has 0 saturated heterocycles. The zero-order valence-electron chi connectivity index (χ0n) is 11.9. The molecule has 0 aliphatic rings. The van der Waals surface area contributed by atoms with E-state index in [0.29, 0.717) is 29.4 Å². The van der Waals surface area contributed by atoms with E-state index in [-0.39, 0.29) is 12.0 Å². The molecule has 1 unspecified atom stereocenters. The molecule has 0 bridgehead atoms. The number of hydrogen-bond donors (Lipinski definition) is 3. The average molecular weight is 300 g/mol. The molecule has 0 aromatic heterocycles. The van der Waals surface area contributed by atoms with Gasteiger partial charge in [-0.15, -0.1) is 0 Å². The maximum atomic E-state index is 11.8. The van der Waals surface area contributed by atoms with Gasteiger partial charge in [-0.25, -0.2) is 0 Å². The lowest BCUT2D eigenvalue weighted by molar-refractivity contribution is -0.116. The first-order valence-electron chi connectivity index (χ1n) is 6.60. The highest BCUT2D eigenvalue weighted by Gasteiger charge is 2.07. The van der Waals surface area contributed by atoms with Gasteiger partial charge in [0.15, 0.2) is 0 Å². The number of carbonyl (C=O) groups excluding carboxylic acids is 1. The van der Waals surface area contributed by atoms with Crippen LogP contribution in [0.5, 0.6) is 0 Å². The first kappa shape index (κ1) is 16.8. The fourth-order valence-electron chi connectivity index (χ4n) is 1.90. The van der Waals surface area contributed by atoms with Crippen molar-refractivity contribution in [2.45, 2.75) is 25.9 Å². The topological polar surface area (TPSA) is 78.6 Å². The second-order valence-electron chi connectivity index (χ2n) is 4.99. The summed E-state index contributed by atoms with van der Waals surface area (Å²) in [5.41, 5.74) is 6.80. The largest absolute Gasteiger partial charge is 0.397 e. The molecule has 0 spiro atoms. The van der Waals surface area contributed by atoms with Gasteiger partial charge in [0, 0.05) is 18.0 Å². The Labute approximate surface area is 124 Å². The van der Waals surface area contributed by atoms with Crippen LogP contribution in [0.2, 0.25) is 5.02 Å². The summed E-state index contributed by atoms with van der Waals surface area (Å²) in [5.74, 6) is -0.0931. The lowest BCUT2D eigenvalue weighted by Gasteiger charge is -2.17. The van der Waals surface area contributed by atoms with Crippen molar-refractivity contribution in [2.24, 2.45) is 0 Å². The molecular formula is C14H22ClN3O2. The molecule has 0 fully saturated rings. The van der Waals surface area contributed by atoms with Crippen LogP contribution in [0.3, 0.4) is 0 Å². The number of carbonyl (C=O) groups is 1. The lowest BCUT2D eigenvalue weighted by atomic mass is 10.2. The molecular weight excluding hydrogens is 278 g/mol. The first-order valence-corrected chi connectivity index (χ1v) is 6.97. The van der Waals surface area contributed by atoms with E-state index in [2.05, 4.69) is 5.32 Å². The van der Waals surface area contributed by atoms with Crippen molar-refractivity contribution in [1.29, 1.82) is 0 Å². The summed E-state index contributed by atoms with van der Waals surface area (Å²) in [7, 11) is 1.92. The lowest BCUT2D eigenvalue weighted by Crippen LogP contribution is -2.28. The van der Waals surface area contributed by atoms with E-state index in [0.717, 1.165) is 13.0 Å². The van der Waals surface area contributed by atoms with Crippen LogP contribution < -0.4 is 11.1 Å². The zero-order valence-corrected chi connectivity index (χ0v) is 12.7. The van der Waals surface area contributed by atoms with E-state index in [9.17, 15) is 9.90 Å². The summed E-state index contributed by atoms with van der Waals surface area (Å²) in [6.07, 6.45) is 0.756. The molecule has 20 heavy (non-hydrogen) atoms. The van der Waals surface area contributed by atoms with Crippen molar-refractivity contribution in [3.8, 4) is 0 Å². The van der Waals surface area contributed by atoms with Crippen LogP contribution in [0.4, 0.5) is 11.4 Å². The smallest absolute Gasteiger partial charge is 0.224 e. The second kappa shape index (κ2) is 8.09. The minimum Gasteiger partial charge on any atom is -0.397 e. The number of aliphatic hydroxyl groups excluding tert-OH is 1. The number of nitrogen functional groups attached to an aromatic ring is 1. The Kier molecular flexibility index (Phi) is 6.78. The normalized spacial score (nSPS) is 12.4. The van der Waals surface area contributed by atoms with Gasteiger partial charge in [0.2, 0.25) is 5.91 Å². The van der Waals surface area contributed by atoms with Gasteiger partial charge in [-0.1, -0.05) is 11.6 Å². The number of halogens is 1. The van der Waals surface area contributed by atoms with E-state index in [1.165, 1.54) is 0 Å². The van der Waals surface area contributed by atoms with Crippen molar-refractivity contribution in [2.75, 3.05) is 31.2 Å². The fraction of sp³-hybridized carbons (Fsp3) is 0.500. The zero-order chi connectivity index (χ0) is 15.1. The minimum absolute atomic E-state index is 0.0931. The van der Waals surface area contributed by atoms with Crippen LogP contribution in [0.1, 0.15) is 19.8 Å². The Morgan fingerprint density at radius 3 is 2.90 bits per heavy atom. The number of nitrogens with one attached hydrogen (secondary N) is 1. The molecule has 5 nitrogen and oxygen atoms in total. The highest BCUT2D eigenvalue weighted by Crippen LogP contribution is 2.23. The number of amides is 1. The Morgan fingerprint density at radius 2 is 2.25 bits per heavy atom. The molecule has 0 radical (unpaired) electrons. The van der Waals surface area contributed by atoms with E-state index < -0.39 is 0 Å². The van der Waals surface area contributed by atoms with Crippen LogP contribution in [-0.4, -0.2) is 42.2 Å². The summed E-state index contributed by atoms with van der Waals surface area (Å²) < 4.78 is 0. The molecule has 1 aromatic carbocycles. The number of nitrogens with zero attached hydrogens (tertiary/aromatic N) is 1.